The summed E-state index contributed by atoms with van der Waals surface area (Å²) < 4.78 is 7.35. The van der Waals surface area contributed by atoms with Crippen LogP contribution in [0.4, 0.5) is 5.69 Å². The van der Waals surface area contributed by atoms with Crippen molar-refractivity contribution in [2.45, 2.75) is 44.4 Å². The maximum absolute atomic E-state index is 13.2. The summed E-state index contributed by atoms with van der Waals surface area (Å²) in [6.07, 6.45) is 6.32. The lowest BCUT2D eigenvalue weighted by Gasteiger charge is -2.21. The number of ether oxygens (including phenoxy) is 1. The Morgan fingerprint density at radius 1 is 0.857 bits per heavy atom. The first-order chi connectivity index (χ1) is 17.1. The largest absolute Gasteiger partial charge is 0.466 e. The smallest absolute Gasteiger partial charge is 0.305 e. The number of benzene rings is 2. The topological polar surface area (TPSA) is 80.6 Å². The molecule has 0 spiro atoms. The Morgan fingerprint density at radius 2 is 1.66 bits per heavy atom. The summed E-state index contributed by atoms with van der Waals surface area (Å²) in [5.74, 6) is -0.750. The zero-order valence-corrected chi connectivity index (χ0v) is 19.5. The number of carbonyl (C=O) groups excluding carboxylic acids is 3. The number of anilines is 1. The molecule has 3 aliphatic heterocycles. The highest BCUT2D eigenvalue weighted by molar-refractivity contribution is 6.34. The fraction of sp³-hybridized carbons (Fsp3) is 0.321. The summed E-state index contributed by atoms with van der Waals surface area (Å²) in [5.41, 5.74) is 4.84. The third-order valence-electron chi connectivity index (χ3n) is 7.29. The van der Waals surface area contributed by atoms with Crippen molar-refractivity contribution in [3.05, 3.63) is 71.6 Å². The van der Waals surface area contributed by atoms with Gasteiger partial charge in [-0.25, -0.2) is 0 Å². The van der Waals surface area contributed by atoms with E-state index >= 15 is 0 Å². The third kappa shape index (κ3) is 3.71. The van der Waals surface area contributed by atoms with Crippen molar-refractivity contribution >= 4 is 40.1 Å². The van der Waals surface area contributed by atoms with Gasteiger partial charge in [-0.2, -0.15) is 0 Å². The van der Waals surface area contributed by atoms with Gasteiger partial charge in [0.1, 0.15) is 11.4 Å². The van der Waals surface area contributed by atoms with Gasteiger partial charge < -0.3 is 14.2 Å². The quantitative estimate of drug-likeness (QED) is 0.396. The lowest BCUT2D eigenvalue weighted by atomic mass is 9.95. The van der Waals surface area contributed by atoms with Gasteiger partial charge in [0.25, 0.3) is 11.8 Å². The molecule has 6 rings (SSSR count). The monoisotopic (exact) mass is 469 g/mol. The Bertz CT molecular complexity index is 1390. The SMILES string of the molecule is O=C1CCCC2CN(C3=C(C(=O)NC3=O)n3cc(c4ccccc43)CCCCO1)c1ccccc12. The van der Waals surface area contributed by atoms with Crippen LogP contribution in [0.1, 0.15) is 49.1 Å². The molecule has 1 unspecified atom stereocenters. The van der Waals surface area contributed by atoms with E-state index in [1.807, 2.05) is 52.1 Å². The van der Waals surface area contributed by atoms with Crippen molar-refractivity contribution in [3.63, 3.8) is 0 Å². The van der Waals surface area contributed by atoms with Crippen LogP contribution in [0.2, 0.25) is 0 Å². The lowest BCUT2D eigenvalue weighted by molar-refractivity contribution is -0.144. The molecule has 35 heavy (non-hydrogen) atoms. The van der Waals surface area contributed by atoms with Crippen LogP contribution in [0.3, 0.4) is 0 Å². The summed E-state index contributed by atoms with van der Waals surface area (Å²) in [6, 6.07) is 16.0. The Hall–Kier alpha value is -3.87. The predicted octanol–water partition coefficient (Wildman–Crippen LogP) is 4.12. The molecular formula is C28H27N3O4. The second-order valence-electron chi connectivity index (χ2n) is 9.46. The van der Waals surface area contributed by atoms with Crippen LogP contribution in [-0.4, -0.2) is 35.5 Å². The summed E-state index contributed by atoms with van der Waals surface area (Å²) >= 11 is 0. The molecule has 4 heterocycles. The number of nitrogens with zero attached hydrogens (tertiary/aromatic N) is 2. The van der Waals surface area contributed by atoms with E-state index in [-0.39, 0.29) is 23.7 Å². The summed E-state index contributed by atoms with van der Waals surface area (Å²) in [5, 5.41) is 3.61. The van der Waals surface area contributed by atoms with E-state index in [0.29, 0.717) is 37.4 Å². The van der Waals surface area contributed by atoms with Crippen molar-refractivity contribution in [3.8, 4) is 0 Å². The molecule has 0 fully saturated rings. The number of aryl methyl sites for hydroxylation is 1. The number of imide groups is 1. The number of para-hydroxylation sites is 2. The zero-order chi connectivity index (χ0) is 23.9. The van der Waals surface area contributed by atoms with E-state index in [4.69, 9.17) is 4.74 Å². The van der Waals surface area contributed by atoms with Crippen molar-refractivity contribution in [2.75, 3.05) is 18.1 Å². The number of rotatable bonds is 0. The molecule has 1 N–H and O–H groups in total. The number of nitrogens with one attached hydrogen (secondary N) is 1. The first-order valence-electron chi connectivity index (χ1n) is 12.3. The highest BCUT2D eigenvalue weighted by Crippen LogP contribution is 2.43. The molecule has 1 aromatic heterocycles. The normalized spacial score (nSPS) is 21.0. The van der Waals surface area contributed by atoms with E-state index in [1.54, 1.807) is 0 Å². The standard InChI is InChI=1S/C28H27N3O4/c32-24-14-7-9-19-17-31(23-13-4-2-11-21(19)23)26-25(27(33)29-28(26)34)30-16-18(8-5-6-15-35-24)20-10-1-3-12-22(20)30/h1-4,10-13,16,19H,5-9,14-15,17H2,(H,29,33,34). The number of hydrogen-bond acceptors (Lipinski definition) is 5. The molecule has 7 nitrogen and oxygen atoms in total. The van der Waals surface area contributed by atoms with E-state index in [9.17, 15) is 14.4 Å². The van der Waals surface area contributed by atoms with Crippen LogP contribution in [0.25, 0.3) is 16.6 Å². The molecular weight excluding hydrogens is 442 g/mol. The molecule has 3 aromatic rings. The van der Waals surface area contributed by atoms with E-state index in [2.05, 4.69) is 17.4 Å². The van der Waals surface area contributed by atoms with Crippen LogP contribution < -0.4 is 10.2 Å². The van der Waals surface area contributed by atoms with E-state index in [0.717, 1.165) is 53.4 Å². The number of hydrogen-bond donors (Lipinski definition) is 1. The molecule has 2 amide bonds. The first kappa shape index (κ1) is 21.6. The van der Waals surface area contributed by atoms with Gasteiger partial charge in [-0.05, 0) is 55.4 Å². The van der Waals surface area contributed by atoms with E-state index < -0.39 is 0 Å². The second-order valence-corrected chi connectivity index (χ2v) is 9.46. The molecule has 2 aromatic carbocycles. The van der Waals surface area contributed by atoms with Gasteiger partial charge in [0.2, 0.25) is 0 Å². The number of carbonyl (C=O) groups is 3. The summed E-state index contributed by atoms with van der Waals surface area (Å²) in [7, 11) is 0. The van der Waals surface area contributed by atoms with Crippen molar-refractivity contribution in [1.29, 1.82) is 0 Å². The maximum atomic E-state index is 13.2. The summed E-state index contributed by atoms with van der Waals surface area (Å²) in [4.78, 5) is 40.6. The average molecular weight is 470 g/mol. The van der Waals surface area contributed by atoms with Gasteiger partial charge in [0.15, 0.2) is 0 Å². The molecule has 7 heteroatoms. The Kier molecular flexibility index (Phi) is 5.40. The lowest BCUT2D eigenvalue weighted by Crippen LogP contribution is -2.30. The van der Waals surface area contributed by atoms with Gasteiger partial charge in [0.05, 0.1) is 12.1 Å². The third-order valence-corrected chi connectivity index (χ3v) is 7.29. The fourth-order valence-electron chi connectivity index (χ4n) is 5.67. The van der Waals surface area contributed by atoms with Crippen molar-refractivity contribution in [1.82, 2.24) is 9.88 Å². The van der Waals surface area contributed by atoms with Gasteiger partial charge >= 0.3 is 5.97 Å². The summed E-state index contributed by atoms with van der Waals surface area (Å²) in [6.45, 7) is 1.00. The molecule has 0 saturated carbocycles. The molecule has 0 aliphatic carbocycles. The van der Waals surface area contributed by atoms with Crippen LogP contribution in [0.15, 0.2) is 60.4 Å². The molecule has 4 bridgehead atoms. The minimum Gasteiger partial charge on any atom is -0.466 e. The number of aromatic nitrogens is 1. The first-order valence-corrected chi connectivity index (χ1v) is 12.3. The molecule has 1 atom stereocenters. The number of cyclic esters (lactones) is 1. The van der Waals surface area contributed by atoms with Crippen LogP contribution >= 0.6 is 0 Å². The van der Waals surface area contributed by atoms with Crippen molar-refractivity contribution in [2.24, 2.45) is 0 Å². The van der Waals surface area contributed by atoms with Gasteiger partial charge in [-0.1, -0.05) is 36.4 Å². The highest BCUT2D eigenvalue weighted by atomic mass is 16.5. The van der Waals surface area contributed by atoms with Gasteiger partial charge in [-0.15, -0.1) is 0 Å². The fourth-order valence-corrected chi connectivity index (χ4v) is 5.67. The zero-order valence-electron chi connectivity index (χ0n) is 19.5. The average Bonchev–Trinajstić information content (AvgIpc) is 3.49. The Balaban J connectivity index is 1.53. The van der Waals surface area contributed by atoms with Gasteiger partial charge in [0, 0.05) is 36.2 Å². The number of amides is 2. The molecule has 178 valence electrons. The van der Waals surface area contributed by atoms with Gasteiger partial charge in [-0.3, -0.25) is 19.7 Å². The molecule has 0 radical (unpaired) electrons. The maximum Gasteiger partial charge on any atom is 0.305 e. The van der Waals surface area contributed by atoms with Crippen LogP contribution in [0.5, 0.6) is 0 Å². The molecule has 3 aliphatic rings. The predicted molar refractivity (Wildman–Crippen MR) is 133 cm³/mol. The number of esters is 1. The minimum absolute atomic E-state index is 0.153. The molecule has 0 saturated heterocycles. The minimum atomic E-state index is -0.379. The van der Waals surface area contributed by atoms with Crippen LogP contribution in [0, 0.1) is 0 Å². The Morgan fingerprint density at radius 3 is 2.57 bits per heavy atom. The van der Waals surface area contributed by atoms with Crippen molar-refractivity contribution < 1.29 is 19.1 Å². The van der Waals surface area contributed by atoms with E-state index in [1.165, 1.54) is 0 Å². The Labute approximate surface area is 203 Å². The number of fused-ring (bicyclic) bond motifs is 12. The second kappa shape index (κ2) is 8.73. The highest BCUT2D eigenvalue weighted by Gasteiger charge is 2.41. The van der Waals surface area contributed by atoms with Crippen LogP contribution in [-0.2, 0) is 25.5 Å².